The number of nitrogens with zero attached hydrogens (tertiary/aromatic N) is 2. The lowest BCUT2D eigenvalue weighted by Gasteiger charge is -2.36. The number of aromatic amines is 1. The number of carboxylic acids is 1. The largest absolute Gasteiger partial charge is 0.485 e. The zero-order chi connectivity index (χ0) is 26.3. The molecule has 1 fully saturated rings. The molecule has 0 amide bonds. The summed E-state index contributed by atoms with van der Waals surface area (Å²) in [5.41, 5.74) is 2.71. The number of ether oxygens (including phenoxy) is 1. The molecule has 2 aliphatic rings. The summed E-state index contributed by atoms with van der Waals surface area (Å²) in [6, 6.07) is 11.9. The number of carboxylic acid groups (broad SMARTS) is 1. The molecule has 1 aliphatic carbocycles. The number of hydrogen-bond acceptors (Lipinski definition) is 4. The summed E-state index contributed by atoms with van der Waals surface area (Å²) in [6.07, 6.45) is 1.92. The van der Waals surface area contributed by atoms with Gasteiger partial charge in [0.25, 0.3) is 0 Å². The summed E-state index contributed by atoms with van der Waals surface area (Å²) in [5, 5.41) is 18.3. The van der Waals surface area contributed by atoms with E-state index in [0.717, 1.165) is 51.8 Å². The molecule has 0 bridgehead atoms. The maximum Gasteiger partial charge on any atom is 0.342 e. The summed E-state index contributed by atoms with van der Waals surface area (Å²) in [5.74, 6) is -0.401. The van der Waals surface area contributed by atoms with E-state index in [9.17, 15) is 14.3 Å². The fraction of sp³-hybridized carbons (Fsp3) is 0.429. The monoisotopic (exact) mass is 545 g/mol. The molecule has 2 N–H and O–H groups in total. The number of aromatic nitrogens is 2. The van der Waals surface area contributed by atoms with E-state index in [0.29, 0.717) is 29.7 Å². The van der Waals surface area contributed by atoms with Crippen LogP contribution in [0.3, 0.4) is 0 Å². The van der Waals surface area contributed by atoms with Gasteiger partial charge >= 0.3 is 5.97 Å². The van der Waals surface area contributed by atoms with E-state index in [1.165, 1.54) is 0 Å². The van der Waals surface area contributed by atoms with Crippen LogP contribution in [-0.4, -0.2) is 51.5 Å². The van der Waals surface area contributed by atoms with Gasteiger partial charge in [-0.25, -0.2) is 9.18 Å². The van der Waals surface area contributed by atoms with Crippen molar-refractivity contribution in [3.05, 3.63) is 63.8 Å². The molecule has 2 unspecified atom stereocenters. The van der Waals surface area contributed by atoms with Crippen LogP contribution < -0.4 is 4.74 Å². The van der Waals surface area contributed by atoms with Gasteiger partial charge in [-0.1, -0.05) is 43.1 Å². The number of nitrogens with one attached hydrogen (secondary N) is 1. The summed E-state index contributed by atoms with van der Waals surface area (Å²) in [7, 11) is 0. The Balaban J connectivity index is 1.34. The molecule has 5 rings (SSSR count). The Hall–Kier alpha value is -2.61. The molecule has 9 heteroatoms. The first kappa shape index (κ1) is 26.0. The van der Waals surface area contributed by atoms with Gasteiger partial charge in [0, 0.05) is 23.5 Å². The van der Waals surface area contributed by atoms with E-state index >= 15 is 0 Å². The second kappa shape index (κ2) is 10.3. The SMILES string of the molecule is CC(C)C(Oc1ccc2c(c1)CCC(CN1CCCC(F)(C(=O)O)C1)=C2Cl)c1ccc2n[nH]c(Cl)c2c1. The molecular formula is C28H30Cl2FN3O3. The van der Waals surface area contributed by atoms with Gasteiger partial charge in [-0.15, -0.1) is 0 Å². The molecule has 196 valence electrons. The second-order valence-corrected chi connectivity index (χ2v) is 11.2. The number of hydrogen-bond donors (Lipinski definition) is 2. The third kappa shape index (κ3) is 5.22. The van der Waals surface area contributed by atoms with Crippen LogP contribution in [0.2, 0.25) is 5.15 Å². The number of carbonyl (C=O) groups is 1. The molecular weight excluding hydrogens is 516 g/mol. The normalized spacial score (nSPS) is 21.4. The zero-order valence-corrected chi connectivity index (χ0v) is 22.4. The molecule has 0 spiro atoms. The zero-order valence-electron chi connectivity index (χ0n) is 20.9. The lowest BCUT2D eigenvalue weighted by molar-refractivity contribution is -0.154. The van der Waals surface area contributed by atoms with Crippen LogP contribution in [0.25, 0.3) is 15.9 Å². The predicted molar refractivity (Wildman–Crippen MR) is 144 cm³/mol. The van der Waals surface area contributed by atoms with Gasteiger partial charge in [-0.2, -0.15) is 5.10 Å². The molecule has 2 heterocycles. The van der Waals surface area contributed by atoms with E-state index < -0.39 is 11.6 Å². The summed E-state index contributed by atoms with van der Waals surface area (Å²) in [6.45, 7) is 5.27. The van der Waals surface area contributed by atoms with E-state index in [-0.39, 0.29) is 25.0 Å². The highest BCUT2D eigenvalue weighted by atomic mass is 35.5. The van der Waals surface area contributed by atoms with Gasteiger partial charge in [0.1, 0.15) is 17.0 Å². The van der Waals surface area contributed by atoms with Crippen LogP contribution in [0.4, 0.5) is 4.39 Å². The average molecular weight is 546 g/mol. The van der Waals surface area contributed by atoms with Gasteiger partial charge in [0.15, 0.2) is 0 Å². The lowest BCUT2D eigenvalue weighted by atomic mass is 9.90. The van der Waals surface area contributed by atoms with Crippen molar-refractivity contribution in [3.63, 3.8) is 0 Å². The molecule has 0 radical (unpaired) electrons. The molecule has 0 saturated carbocycles. The Bertz CT molecular complexity index is 1370. The van der Waals surface area contributed by atoms with Gasteiger partial charge in [-0.3, -0.25) is 10.00 Å². The van der Waals surface area contributed by atoms with Crippen LogP contribution in [0, 0.1) is 5.92 Å². The number of aryl methyl sites for hydroxylation is 1. The molecule has 37 heavy (non-hydrogen) atoms. The first-order valence-corrected chi connectivity index (χ1v) is 13.4. The van der Waals surface area contributed by atoms with Crippen molar-refractivity contribution in [2.75, 3.05) is 19.6 Å². The van der Waals surface area contributed by atoms with Gasteiger partial charge in [0.2, 0.25) is 5.67 Å². The lowest BCUT2D eigenvalue weighted by Crippen LogP contribution is -2.50. The van der Waals surface area contributed by atoms with Crippen molar-refractivity contribution in [3.8, 4) is 5.75 Å². The van der Waals surface area contributed by atoms with Crippen molar-refractivity contribution in [1.82, 2.24) is 15.1 Å². The maximum atomic E-state index is 14.7. The molecule has 6 nitrogen and oxygen atoms in total. The van der Waals surface area contributed by atoms with Crippen LogP contribution in [-0.2, 0) is 11.2 Å². The number of H-pyrrole nitrogens is 1. The molecule has 3 aromatic rings. The highest BCUT2D eigenvalue weighted by Gasteiger charge is 2.43. The van der Waals surface area contributed by atoms with E-state index in [1.807, 2.05) is 41.3 Å². The van der Waals surface area contributed by atoms with Gasteiger partial charge in [0.05, 0.1) is 5.52 Å². The third-order valence-corrected chi connectivity index (χ3v) is 8.13. The number of alkyl halides is 1. The molecule has 1 aromatic heterocycles. The minimum absolute atomic E-state index is 0.0531. The van der Waals surface area contributed by atoms with Crippen LogP contribution >= 0.6 is 23.2 Å². The maximum absolute atomic E-state index is 14.7. The smallest absolute Gasteiger partial charge is 0.342 e. The standard InChI is InChI=1S/C28H30Cl2FN3O3/c1-16(2)25(18-6-9-23-22(13-18)26(30)33-32-23)37-20-7-8-21-17(12-20)4-5-19(24(21)29)14-34-11-3-10-28(31,15-34)27(35)36/h6-9,12-13,16,25H,3-5,10-11,14-15H2,1-2H3,(H,32,33)(H,35,36). The van der Waals surface area contributed by atoms with E-state index in [4.69, 9.17) is 27.9 Å². The number of benzene rings is 2. The number of rotatable bonds is 7. The summed E-state index contributed by atoms with van der Waals surface area (Å²) < 4.78 is 21.2. The Morgan fingerprint density at radius 3 is 2.81 bits per heavy atom. The van der Waals surface area contributed by atoms with E-state index in [1.54, 1.807) is 0 Å². The number of likely N-dealkylation sites (tertiary alicyclic amines) is 1. The minimum atomic E-state index is -2.19. The van der Waals surface area contributed by atoms with Gasteiger partial charge < -0.3 is 9.84 Å². The highest BCUT2D eigenvalue weighted by molar-refractivity contribution is 6.49. The number of halogens is 3. The van der Waals surface area contributed by atoms with E-state index in [2.05, 4.69) is 24.0 Å². The Morgan fingerprint density at radius 2 is 2.05 bits per heavy atom. The third-order valence-electron chi connectivity index (χ3n) is 7.37. The number of aliphatic carboxylic acids is 1. The molecule has 2 atom stereocenters. The van der Waals surface area contributed by atoms with Crippen molar-refractivity contribution >= 4 is 45.1 Å². The Morgan fingerprint density at radius 1 is 1.24 bits per heavy atom. The van der Waals surface area contributed by atoms with Gasteiger partial charge in [-0.05, 0) is 90.7 Å². The highest BCUT2D eigenvalue weighted by Crippen LogP contribution is 2.39. The van der Waals surface area contributed by atoms with Crippen LogP contribution in [0.5, 0.6) is 5.75 Å². The van der Waals surface area contributed by atoms with Crippen molar-refractivity contribution < 1.29 is 19.0 Å². The Labute approximate surface area is 225 Å². The summed E-state index contributed by atoms with van der Waals surface area (Å²) >= 11 is 13.1. The predicted octanol–water partition coefficient (Wildman–Crippen LogP) is 6.78. The van der Waals surface area contributed by atoms with Crippen molar-refractivity contribution in [2.24, 2.45) is 5.92 Å². The molecule has 2 aromatic carbocycles. The second-order valence-electron chi connectivity index (χ2n) is 10.4. The van der Waals surface area contributed by atoms with Crippen LogP contribution in [0.1, 0.15) is 55.9 Å². The number of fused-ring (bicyclic) bond motifs is 2. The number of piperidine rings is 1. The molecule has 1 aliphatic heterocycles. The summed E-state index contributed by atoms with van der Waals surface area (Å²) in [4.78, 5) is 13.3. The van der Waals surface area contributed by atoms with Crippen molar-refractivity contribution in [1.29, 1.82) is 0 Å². The Kier molecular flexibility index (Phi) is 7.22. The molecule has 1 saturated heterocycles. The topological polar surface area (TPSA) is 78.4 Å². The fourth-order valence-corrected chi connectivity index (χ4v) is 5.91. The van der Waals surface area contributed by atoms with Crippen molar-refractivity contribution in [2.45, 2.75) is 51.3 Å². The first-order valence-electron chi connectivity index (χ1n) is 12.6. The fourth-order valence-electron chi connectivity index (χ4n) is 5.38. The van der Waals surface area contributed by atoms with Crippen LogP contribution in [0.15, 0.2) is 42.0 Å². The first-order chi connectivity index (χ1) is 17.6. The quantitative estimate of drug-likeness (QED) is 0.342. The average Bonchev–Trinajstić information content (AvgIpc) is 3.24. The minimum Gasteiger partial charge on any atom is -0.485 e.